The van der Waals surface area contributed by atoms with Gasteiger partial charge in [0.25, 0.3) is 0 Å². The largest absolute Gasteiger partial charge is 0.396 e. The normalized spacial score (nSPS) is 21.0. The summed E-state index contributed by atoms with van der Waals surface area (Å²) in [5.41, 5.74) is 5.28. The summed E-state index contributed by atoms with van der Waals surface area (Å²) in [4.78, 5) is 0. The number of halogens is 1. The molecule has 2 aromatic carbocycles. The van der Waals surface area contributed by atoms with E-state index in [2.05, 4.69) is 49.4 Å². The number of aliphatic hydroxyl groups is 1. The minimum absolute atomic E-state index is 0.320. The standard InChI is InChI=1S/C22H27ClO/c1-2-16-6-8-17(9-7-16)12-21-14-20(10-11-22(21)23)19-5-3-4-18(13-19)15-24/h6-11,14,18-19,24H,2-5,12-13,15H2,1H3/t18-,19+/m0/s1. The van der Waals surface area contributed by atoms with Crippen LogP contribution >= 0.6 is 11.6 Å². The maximum atomic E-state index is 9.47. The Labute approximate surface area is 150 Å². The molecule has 0 spiro atoms. The van der Waals surface area contributed by atoms with Crippen LogP contribution in [0.1, 0.15) is 60.8 Å². The van der Waals surface area contributed by atoms with Gasteiger partial charge in [-0.1, -0.05) is 61.3 Å². The van der Waals surface area contributed by atoms with Crippen molar-refractivity contribution in [2.24, 2.45) is 5.92 Å². The van der Waals surface area contributed by atoms with Gasteiger partial charge in [0.05, 0.1) is 0 Å². The van der Waals surface area contributed by atoms with Gasteiger partial charge in [0.1, 0.15) is 0 Å². The molecule has 1 fully saturated rings. The first-order valence-corrected chi connectivity index (χ1v) is 9.54. The van der Waals surface area contributed by atoms with Gasteiger partial charge in [0.15, 0.2) is 0 Å². The number of aryl methyl sites for hydroxylation is 1. The van der Waals surface area contributed by atoms with E-state index in [1.165, 1.54) is 35.1 Å². The second-order valence-electron chi connectivity index (χ2n) is 7.11. The van der Waals surface area contributed by atoms with Crippen molar-refractivity contribution in [1.29, 1.82) is 0 Å². The van der Waals surface area contributed by atoms with E-state index in [1.807, 2.05) is 0 Å². The lowest BCUT2D eigenvalue weighted by molar-refractivity contribution is 0.180. The predicted octanol–water partition coefficient (Wildman–Crippen LogP) is 5.76. The average molecular weight is 343 g/mol. The first kappa shape index (κ1) is 17.5. The number of aliphatic hydroxyl groups excluding tert-OH is 1. The van der Waals surface area contributed by atoms with Gasteiger partial charge < -0.3 is 5.11 Å². The van der Waals surface area contributed by atoms with Crippen LogP contribution in [0.15, 0.2) is 42.5 Å². The Hall–Kier alpha value is -1.31. The summed E-state index contributed by atoms with van der Waals surface area (Å²) < 4.78 is 0. The summed E-state index contributed by atoms with van der Waals surface area (Å²) in [5, 5.41) is 10.3. The van der Waals surface area contributed by atoms with Crippen molar-refractivity contribution < 1.29 is 5.11 Å². The molecule has 1 N–H and O–H groups in total. The molecule has 128 valence electrons. The smallest absolute Gasteiger partial charge is 0.0459 e. The summed E-state index contributed by atoms with van der Waals surface area (Å²) in [6.07, 6.45) is 6.66. The zero-order valence-corrected chi connectivity index (χ0v) is 15.2. The Morgan fingerprint density at radius 1 is 1.04 bits per heavy atom. The monoisotopic (exact) mass is 342 g/mol. The van der Waals surface area contributed by atoms with Crippen molar-refractivity contribution in [2.45, 2.75) is 51.4 Å². The van der Waals surface area contributed by atoms with Gasteiger partial charge in [-0.2, -0.15) is 0 Å². The van der Waals surface area contributed by atoms with E-state index >= 15 is 0 Å². The molecule has 0 radical (unpaired) electrons. The highest BCUT2D eigenvalue weighted by molar-refractivity contribution is 6.31. The third kappa shape index (κ3) is 4.20. The van der Waals surface area contributed by atoms with Crippen molar-refractivity contribution in [3.63, 3.8) is 0 Å². The lowest BCUT2D eigenvalue weighted by atomic mass is 9.78. The molecule has 0 saturated heterocycles. The van der Waals surface area contributed by atoms with Crippen LogP contribution < -0.4 is 0 Å². The fourth-order valence-corrected chi connectivity index (χ4v) is 4.04. The molecule has 3 rings (SSSR count). The molecule has 1 saturated carbocycles. The van der Waals surface area contributed by atoms with Gasteiger partial charge in [-0.05, 0) is 72.3 Å². The number of rotatable bonds is 5. The second kappa shape index (κ2) is 8.18. The zero-order valence-electron chi connectivity index (χ0n) is 14.5. The van der Waals surface area contributed by atoms with Crippen LogP contribution in [0.2, 0.25) is 5.02 Å². The SMILES string of the molecule is CCc1ccc(Cc2cc([C@@H]3CCC[C@H](CO)C3)ccc2Cl)cc1. The maximum absolute atomic E-state index is 9.47. The molecule has 2 atom stereocenters. The van der Waals surface area contributed by atoms with E-state index in [0.717, 1.165) is 30.7 Å². The maximum Gasteiger partial charge on any atom is 0.0459 e. The number of hydrogen-bond donors (Lipinski definition) is 1. The van der Waals surface area contributed by atoms with Crippen molar-refractivity contribution in [2.75, 3.05) is 6.61 Å². The van der Waals surface area contributed by atoms with Crippen molar-refractivity contribution in [3.05, 3.63) is 69.7 Å². The van der Waals surface area contributed by atoms with Crippen molar-refractivity contribution in [1.82, 2.24) is 0 Å². The number of hydrogen-bond acceptors (Lipinski definition) is 1. The first-order chi connectivity index (χ1) is 11.7. The van der Waals surface area contributed by atoms with E-state index in [1.54, 1.807) is 0 Å². The van der Waals surface area contributed by atoms with Crippen LogP contribution in [0, 0.1) is 5.92 Å². The van der Waals surface area contributed by atoms with Gasteiger partial charge >= 0.3 is 0 Å². The molecule has 0 aliphatic heterocycles. The van der Waals surface area contributed by atoms with E-state index in [4.69, 9.17) is 11.6 Å². The van der Waals surface area contributed by atoms with E-state index < -0.39 is 0 Å². The predicted molar refractivity (Wildman–Crippen MR) is 102 cm³/mol. The van der Waals surface area contributed by atoms with Gasteiger partial charge in [-0.15, -0.1) is 0 Å². The van der Waals surface area contributed by atoms with Crippen LogP contribution in [0.4, 0.5) is 0 Å². The molecule has 0 bridgehead atoms. The third-order valence-electron chi connectivity index (χ3n) is 5.41. The molecule has 0 aromatic heterocycles. The quantitative estimate of drug-likeness (QED) is 0.732. The van der Waals surface area contributed by atoms with Gasteiger partial charge in [0, 0.05) is 11.6 Å². The molecule has 1 nitrogen and oxygen atoms in total. The average Bonchev–Trinajstić information content (AvgIpc) is 2.64. The summed E-state index contributed by atoms with van der Waals surface area (Å²) in [7, 11) is 0. The number of benzene rings is 2. The minimum Gasteiger partial charge on any atom is -0.396 e. The van der Waals surface area contributed by atoms with Gasteiger partial charge in [-0.25, -0.2) is 0 Å². The summed E-state index contributed by atoms with van der Waals surface area (Å²) in [5.74, 6) is 1.03. The van der Waals surface area contributed by atoms with Gasteiger partial charge in [-0.3, -0.25) is 0 Å². The van der Waals surface area contributed by atoms with Crippen molar-refractivity contribution in [3.8, 4) is 0 Å². The molecular weight excluding hydrogens is 316 g/mol. The molecular formula is C22H27ClO. The molecule has 24 heavy (non-hydrogen) atoms. The Balaban J connectivity index is 1.78. The van der Waals surface area contributed by atoms with Crippen LogP contribution in [0.3, 0.4) is 0 Å². The van der Waals surface area contributed by atoms with Crippen LogP contribution in [-0.4, -0.2) is 11.7 Å². The summed E-state index contributed by atoms with van der Waals surface area (Å²) in [6.45, 7) is 2.50. The Kier molecular flexibility index (Phi) is 5.97. The molecule has 2 aromatic rings. The van der Waals surface area contributed by atoms with Crippen LogP contribution in [-0.2, 0) is 12.8 Å². The Bertz CT molecular complexity index is 662. The topological polar surface area (TPSA) is 20.2 Å². The summed E-state index contributed by atoms with van der Waals surface area (Å²) in [6, 6.07) is 15.4. The summed E-state index contributed by atoms with van der Waals surface area (Å²) >= 11 is 6.46. The zero-order chi connectivity index (χ0) is 16.9. The Morgan fingerprint density at radius 3 is 2.50 bits per heavy atom. The highest BCUT2D eigenvalue weighted by Crippen LogP contribution is 2.37. The third-order valence-corrected chi connectivity index (χ3v) is 5.78. The lowest BCUT2D eigenvalue weighted by Crippen LogP contribution is -2.17. The fraction of sp³-hybridized carbons (Fsp3) is 0.455. The van der Waals surface area contributed by atoms with E-state index in [9.17, 15) is 5.11 Å². The molecule has 0 amide bonds. The highest BCUT2D eigenvalue weighted by Gasteiger charge is 2.23. The van der Waals surface area contributed by atoms with Gasteiger partial charge in [0.2, 0.25) is 0 Å². The second-order valence-corrected chi connectivity index (χ2v) is 7.52. The fourth-order valence-electron chi connectivity index (χ4n) is 3.86. The molecule has 1 aliphatic carbocycles. The molecule has 0 heterocycles. The van der Waals surface area contributed by atoms with Crippen molar-refractivity contribution >= 4 is 11.6 Å². The molecule has 0 unspecified atom stereocenters. The van der Waals surface area contributed by atoms with Crippen LogP contribution in [0.5, 0.6) is 0 Å². The highest BCUT2D eigenvalue weighted by atomic mass is 35.5. The van der Waals surface area contributed by atoms with E-state index in [0.29, 0.717) is 18.4 Å². The Morgan fingerprint density at radius 2 is 1.79 bits per heavy atom. The lowest BCUT2D eigenvalue weighted by Gasteiger charge is -2.28. The first-order valence-electron chi connectivity index (χ1n) is 9.16. The minimum atomic E-state index is 0.320. The van der Waals surface area contributed by atoms with E-state index in [-0.39, 0.29) is 0 Å². The van der Waals surface area contributed by atoms with Crippen LogP contribution in [0.25, 0.3) is 0 Å². The molecule has 2 heteroatoms. The molecule has 1 aliphatic rings.